The minimum absolute atomic E-state index is 0.246. The van der Waals surface area contributed by atoms with E-state index in [1.165, 1.54) is 12.0 Å². The Balaban J connectivity index is 2.48. The fourth-order valence-electron chi connectivity index (χ4n) is 2.90. The molecule has 128 valence electrons. The van der Waals surface area contributed by atoms with Gasteiger partial charge in [-0.2, -0.15) is 0 Å². The van der Waals surface area contributed by atoms with Crippen molar-refractivity contribution in [2.45, 2.75) is 25.5 Å². The van der Waals surface area contributed by atoms with Gasteiger partial charge in [-0.1, -0.05) is 0 Å². The molecular formula is C16H23NO6. The lowest BCUT2D eigenvalue weighted by Crippen LogP contribution is -2.46. The van der Waals surface area contributed by atoms with E-state index in [1.807, 2.05) is 6.07 Å². The summed E-state index contributed by atoms with van der Waals surface area (Å²) in [6, 6.07) is 2.89. The van der Waals surface area contributed by atoms with E-state index in [1.54, 1.807) is 20.1 Å². The molecule has 1 unspecified atom stereocenters. The number of benzene rings is 1. The Kier molecular flexibility index (Phi) is 5.68. The zero-order valence-corrected chi connectivity index (χ0v) is 13.6. The van der Waals surface area contributed by atoms with Crippen LogP contribution in [0, 0.1) is 0 Å². The minimum Gasteiger partial charge on any atom is -0.493 e. The molecule has 0 aliphatic carbocycles. The standard InChI is InChI=1S/C16H23NO6/c1-4-23-16(20)17-6-5-10-7-13(21-2)14(22-3)8-11(10)15(17)12(19)9-18/h7-8,12,15,18-19H,4-6,9H2,1-3H3/t12?,15-/m0/s1. The number of methoxy groups -OCH3 is 2. The van der Waals surface area contributed by atoms with Crippen LogP contribution < -0.4 is 9.47 Å². The van der Waals surface area contributed by atoms with E-state index in [0.29, 0.717) is 24.5 Å². The molecule has 0 saturated carbocycles. The van der Waals surface area contributed by atoms with Gasteiger partial charge in [0.15, 0.2) is 11.5 Å². The molecule has 2 rings (SSSR count). The van der Waals surface area contributed by atoms with E-state index < -0.39 is 24.8 Å². The third kappa shape index (κ3) is 3.35. The van der Waals surface area contributed by atoms with E-state index in [0.717, 1.165) is 11.1 Å². The molecule has 1 amide bonds. The lowest BCUT2D eigenvalue weighted by molar-refractivity contribution is 0.00236. The van der Waals surface area contributed by atoms with Gasteiger partial charge in [-0.15, -0.1) is 0 Å². The van der Waals surface area contributed by atoms with Crippen molar-refractivity contribution >= 4 is 6.09 Å². The lowest BCUT2D eigenvalue weighted by Gasteiger charge is -2.38. The summed E-state index contributed by atoms with van der Waals surface area (Å²) in [6.45, 7) is 1.90. The normalized spacial score (nSPS) is 18.1. The molecule has 0 aromatic heterocycles. The number of hydrogen-bond donors (Lipinski definition) is 2. The monoisotopic (exact) mass is 325 g/mol. The first-order valence-corrected chi connectivity index (χ1v) is 7.54. The van der Waals surface area contributed by atoms with E-state index >= 15 is 0 Å². The van der Waals surface area contributed by atoms with E-state index in [2.05, 4.69) is 0 Å². The lowest BCUT2D eigenvalue weighted by atomic mass is 9.89. The molecule has 1 aromatic rings. The topological polar surface area (TPSA) is 88.5 Å². The van der Waals surface area contributed by atoms with Crippen molar-refractivity contribution < 1.29 is 29.2 Å². The SMILES string of the molecule is CCOC(=O)N1CCc2cc(OC)c(OC)cc2[C@H]1C(O)CO. The van der Waals surface area contributed by atoms with Gasteiger partial charge in [0.1, 0.15) is 6.10 Å². The Bertz CT molecular complexity index is 562. The van der Waals surface area contributed by atoms with Gasteiger partial charge >= 0.3 is 6.09 Å². The second kappa shape index (κ2) is 7.52. The number of fused-ring (bicyclic) bond motifs is 1. The van der Waals surface area contributed by atoms with Crippen LogP contribution in [0.3, 0.4) is 0 Å². The largest absolute Gasteiger partial charge is 0.493 e. The number of rotatable bonds is 5. The molecule has 2 atom stereocenters. The van der Waals surface area contributed by atoms with Crippen molar-refractivity contribution in [3.8, 4) is 11.5 Å². The highest BCUT2D eigenvalue weighted by Crippen LogP contribution is 2.39. The predicted octanol–water partition coefficient (Wildman–Crippen LogP) is 1.11. The van der Waals surface area contributed by atoms with Gasteiger partial charge < -0.3 is 24.4 Å². The molecule has 0 fully saturated rings. The van der Waals surface area contributed by atoms with E-state index in [9.17, 15) is 15.0 Å². The van der Waals surface area contributed by atoms with Gasteiger partial charge in [0, 0.05) is 6.54 Å². The maximum atomic E-state index is 12.2. The van der Waals surface area contributed by atoms with Gasteiger partial charge in [-0.05, 0) is 36.6 Å². The molecular weight excluding hydrogens is 302 g/mol. The van der Waals surface area contributed by atoms with Crippen LogP contribution >= 0.6 is 0 Å². The smallest absolute Gasteiger partial charge is 0.410 e. The van der Waals surface area contributed by atoms with Gasteiger partial charge in [-0.25, -0.2) is 4.79 Å². The van der Waals surface area contributed by atoms with Crippen LogP contribution in [-0.4, -0.2) is 61.3 Å². The zero-order valence-electron chi connectivity index (χ0n) is 13.6. The van der Waals surface area contributed by atoms with Crippen LogP contribution in [0.1, 0.15) is 24.1 Å². The third-order valence-electron chi connectivity index (χ3n) is 3.98. The molecule has 0 radical (unpaired) electrons. The number of aliphatic hydroxyl groups excluding tert-OH is 2. The summed E-state index contributed by atoms with van der Waals surface area (Å²) >= 11 is 0. The van der Waals surface area contributed by atoms with Crippen molar-refractivity contribution in [1.29, 1.82) is 0 Å². The highest BCUT2D eigenvalue weighted by molar-refractivity contribution is 5.69. The Morgan fingerprint density at radius 1 is 1.35 bits per heavy atom. The van der Waals surface area contributed by atoms with Crippen LogP contribution in [0.25, 0.3) is 0 Å². The van der Waals surface area contributed by atoms with Crippen molar-refractivity contribution in [2.24, 2.45) is 0 Å². The molecule has 0 spiro atoms. The Morgan fingerprint density at radius 3 is 2.57 bits per heavy atom. The minimum atomic E-state index is -1.11. The summed E-state index contributed by atoms with van der Waals surface area (Å²) in [4.78, 5) is 13.6. The maximum Gasteiger partial charge on any atom is 0.410 e. The third-order valence-corrected chi connectivity index (χ3v) is 3.98. The predicted molar refractivity (Wildman–Crippen MR) is 82.8 cm³/mol. The van der Waals surface area contributed by atoms with Crippen LogP contribution in [0.5, 0.6) is 11.5 Å². The van der Waals surface area contributed by atoms with Crippen molar-refractivity contribution in [3.05, 3.63) is 23.3 Å². The van der Waals surface area contributed by atoms with Crippen LogP contribution in [0.4, 0.5) is 4.79 Å². The molecule has 7 heteroatoms. The first-order valence-electron chi connectivity index (χ1n) is 7.54. The fraction of sp³-hybridized carbons (Fsp3) is 0.562. The Hall–Kier alpha value is -1.99. The summed E-state index contributed by atoms with van der Waals surface area (Å²) in [6.07, 6.45) is -1.02. The zero-order chi connectivity index (χ0) is 17.0. The summed E-state index contributed by atoms with van der Waals surface area (Å²) in [5.74, 6) is 1.10. The van der Waals surface area contributed by atoms with Gasteiger partial charge in [0.2, 0.25) is 0 Å². The van der Waals surface area contributed by atoms with Gasteiger partial charge in [0.25, 0.3) is 0 Å². The van der Waals surface area contributed by atoms with E-state index in [-0.39, 0.29) is 6.61 Å². The molecule has 0 bridgehead atoms. The van der Waals surface area contributed by atoms with Gasteiger partial charge in [0.05, 0.1) is 33.5 Å². The number of carbonyl (C=O) groups is 1. The average Bonchev–Trinajstić information content (AvgIpc) is 2.58. The number of nitrogens with zero attached hydrogens (tertiary/aromatic N) is 1. The van der Waals surface area contributed by atoms with Crippen molar-refractivity contribution in [1.82, 2.24) is 4.90 Å². The summed E-state index contributed by atoms with van der Waals surface area (Å²) < 4.78 is 15.7. The second-order valence-electron chi connectivity index (χ2n) is 5.24. The number of carbonyl (C=O) groups excluding carboxylic acids is 1. The maximum absolute atomic E-state index is 12.2. The summed E-state index contributed by atoms with van der Waals surface area (Å²) in [5, 5.41) is 19.6. The van der Waals surface area contributed by atoms with Crippen molar-refractivity contribution in [3.63, 3.8) is 0 Å². The first-order chi connectivity index (χ1) is 11.1. The average molecular weight is 325 g/mol. The Labute approximate surface area is 135 Å². The number of amides is 1. The number of aliphatic hydroxyl groups is 2. The molecule has 1 aliphatic heterocycles. The van der Waals surface area contributed by atoms with Crippen LogP contribution in [0.15, 0.2) is 12.1 Å². The summed E-state index contributed by atoms with van der Waals surface area (Å²) in [7, 11) is 3.08. The number of hydrogen-bond acceptors (Lipinski definition) is 6. The molecule has 1 heterocycles. The summed E-state index contributed by atoms with van der Waals surface area (Å²) in [5.41, 5.74) is 1.67. The Morgan fingerprint density at radius 2 is 2.00 bits per heavy atom. The highest BCUT2D eigenvalue weighted by atomic mass is 16.6. The molecule has 1 aromatic carbocycles. The van der Waals surface area contributed by atoms with Gasteiger partial charge in [-0.3, -0.25) is 4.90 Å². The van der Waals surface area contributed by atoms with Crippen molar-refractivity contribution in [2.75, 3.05) is 34.0 Å². The van der Waals surface area contributed by atoms with Crippen LogP contribution in [-0.2, 0) is 11.2 Å². The van der Waals surface area contributed by atoms with E-state index in [4.69, 9.17) is 14.2 Å². The molecule has 0 saturated heterocycles. The number of ether oxygens (including phenoxy) is 3. The molecule has 23 heavy (non-hydrogen) atoms. The van der Waals surface area contributed by atoms with Crippen LogP contribution in [0.2, 0.25) is 0 Å². The molecule has 7 nitrogen and oxygen atoms in total. The first kappa shape index (κ1) is 17.4. The second-order valence-corrected chi connectivity index (χ2v) is 5.24. The molecule has 1 aliphatic rings. The fourth-order valence-corrected chi connectivity index (χ4v) is 2.90. The highest BCUT2D eigenvalue weighted by Gasteiger charge is 2.37. The molecule has 2 N–H and O–H groups in total. The quantitative estimate of drug-likeness (QED) is 0.843.